The molecule has 0 aliphatic rings. The van der Waals surface area contributed by atoms with Crippen molar-refractivity contribution in [2.45, 2.75) is 13.5 Å². The number of hydrogen-bond acceptors (Lipinski definition) is 3. The van der Waals surface area contributed by atoms with Crippen molar-refractivity contribution in [2.75, 3.05) is 0 Å². The Morgan fingerprint density at radius 3 is 2.42 bits per heavy atom. The van der Waals surface area contributed by atoms with Crippen molar-refractivity contribution in [1.82, 2.24) is 4.40 Å². The quantitative estimate of drug-likeness (QED) is 0.197. The number of nitrogens with zero attached hydrogens (tertiary/aromatic N) is 2. The first-order valence-corrected chi connectivity index (χ1v) is 12.6. The monoisotopic (exact) mass is 465 g/mol. The molecule has 6 aromatic rings. The molecule has 3 aromatic heterocycles. The van der Waals surface area contributed by atoms with Gasteiger partial charge in [0.05, 0.1) is 15.9 Å². The van der Waals surface area contributed by atoms with Gasteiger partial charge in [0.25, 0.3) is 5.01 Å². The van der Waals surface area contributed by atoms with Crippen LogP contribution in [0.25, 0.3) is 37.4 Å². The molecule has 6 rings (SSSR count). The van der Waals surface area contributed by atoms with Crippen molar-refractivity contribution in [3.63, 3.8) is 0 Å². The number of carbonyl (C=O) groups excluding carboxylic acids is 1. The van der Waals surface area contributed by atoms with E-state index in [0.717, 1.165) is 22.5 Å². The first-order chi connectivity index (χ1) is 16.2. The second-order valence-electron chi connectivity index (χ2n) is 7.88. The van der Waals surface area contributed by atoms with E-state index in [-0.39, 0.29) is 5.78 Å². The van der Waals surface area contributed by atoms with Crippen LogP contribution in [0.1, 0.15) is 33.5 Å². The van der Waals surface area contributed by atoms with Crippen molar-refractivity contribution in [3.8, 4) is 0 Å². The fourth-order valence-corrected chi connectivity index (χ4v) is 6.66. The maximum absolute atomic E-state index is 13.5. The van der Waals surface area contributed by atoms with Gasteiger partial charge < -0.3 is 0 Å². The lowest BCUT2D eigenvalue weighted by molar-refractivity contribution is -0.665. The second-order valence-corrected chi connectivity index (χ2v) is 9.97. The Balaban J connectivity index is 1.53. The summed E-state index contributed by atoms with van der Waals surface area (Å²) in [5.74, 6) is 0.0410. The van der Waals surface area contributed by atoms with Gasteiger partial charge in [-0.05, 0) is 37.3 Å². The predicted molar refractivity (Wildman–Crippen MR) is 139 cm³/mol. The van der Waals surface area contributed by atoms with Crippen molar-refractivity contribution in [3.05, 3.63) is 107 Å². The Hall–Kier alpha value is -3.54. The van der Waals surface area contributed by atoms with Gasteiger partial charge in [-0.1, -0.05) is 65.9 Å². The molecule has 0 N–H and O–H groups in total. The number of para-hydroxylation sites is 2. The van der Waals surface area contributed by atoms with E-state index in [9.17, 15) is 4.79 Å². The van der Waals surface area contributed by atoms with Crippen LogP contribution in [-0.2, 0) is 6.54 Å². The lowest BCUT2D eigenvalue weighted by atomic mass is 10.1. The summed E-state index contributed by atoms with van der Waals surface area (Å²) in [4.78, 5) is 14.6. The molecule has 0 aliphatic carbocycles. The Morgan fingerprint density at radius 2 is 1.61 bits per heavy atom. The number of ketones is 1. The highest BCUT2D eigenvalue weighted by Crippen LogP contribution is 2.34. The molecule has 5 heteroatoms. The fraction of sp³-hybridized carbons (Fsp3) is 0.0714. The normalized spacial score (nSPS) is 11.9. The number of aryl methyl sites for hydroxylation is 1. The molecule has 3 aromatic carbocycles. The SMILES string of the molecule is CC[n+]1c(/C=C/c2cc(C(=O)c3ccccc3)n3c2sc2ccccc23)sc2ccccc21. The molecule has 0 spiro atoms. The highest BCUT2D eigenvalue weighted by molar-refractivity contribution is 7.24. The van der Waals surface area contributed by atoms with E-state index in [0.29, 0.717) is 11.3 Å². The zero-order valence-corrected chi connectivity index (χ0v) is 19.7. The van der Waals surface area contributed by atoms with E-state index in [1.165, 1.54) is 19.9 Å². The van der Waals surface area contributed by atoms with Gasteiger partial charge >= 0.3 is 0 Å². The zero-order valence-electron chi connectivity index (χ0n) is 18.1. The van der Waals surface area contributed by atoms with Crippen molar-refractivity contribution in [2.24, 2.45) is 0 Å². The average Bonchev–Trinajstić information content (AvgIpc) is 3.53. The largest absolute Gasteiger partial charge is 0.296 e. The minimum Gasteiger partial charge on any atom is -0.296 e. The van der Waals surface area contributed by atoms with Crippen molar-refractivity contribution >= 4 is 65.9 Å². The van der Waals surface area contributed by atoms with E-state index >= 15 is 0 Å². The van der Waals surface area contributed by atoms with Gasteiger partial charge in [-0.2, -0.15) is 4.57 Å². The summed E-state index contributed by atoms with van der Waals surface area (Å²) in [7, 11) is 0. The van der Waals surface area contributed by atoms with Gasteiger partial charge in [0.15, 0.2) is 0 Å². The van der Waals surface area contributed by atoms with Crippen LogP contribution < -0.4 is 4.57 Å². The summed E-state index contributed by atoms with van der Waals surface area (Å²) in [5.41, 5.74) is 4.80. The van der Waals surface area contributed by atoms with Crippen LogP contribution in [0.4, 0.5) is 0 Å². The summed E-state index contributed by atoms with van der Waals surface area (Å²) < 4.78 is 6.91. The molecule has 0 saturated carbocycles. The van der Waals surface area contributed by atoms with E-state index in [4.69, 9.17) is 0 Å². The van der Waals surface area contributed by atoms with Crippen LogP contribution in [0.15, 0.2) is 84.9 Å². The number of carbonyl (C=O) groups is 1. The first-order valence-electron chi connectivity index (χ1n) is 11.0. The Labute approximate surface area is 199 Å². The highest BCUT2D eigenvalue weighted by Gasteiger charge is 2.21. The molecule has 0 saturated heterocycles. The first kappa shape index (κ1) is 20.1. The summed E-state index contributed by atoms with van der Waals surface area (Å²) in [6.45, 7) is 3.09. The molecule has 0 bridgehead atoms. The summed E-state index contributed by atoms with van der Waals surface area (Å²) >= 11 is 3.52. The lowest BCUT2D eigenvalue weighted by Gasteiger charge is -2.01. The zero-order chi connectivity index (χ0) is 22.4. The van der Waals surface area contributed by atoms with Crippen molar-refractivity contribution in [1.29, 1.82) is 0 Å². The number of hydrogen-bond donors (Lipinski definition) is 0. The number of thiazole rings is 2. The fourth-order valence-electron chi connectivity index (χ4n) is 4.38. The smallest absolute Gasteiger partial charge is 0.262 e. The number of benzene rings is 3. The van der Waals surface area contributed by atoms with Gasteiger partial charge in [-0.15, -0.1) is 11.3 Å². The molecule has 0 amide bonds. The molecule has 0 atom stereocenters. The Morgan fingerprint density at radius 1 is 0.879 bits per heavy atom. The van der Waals surface area contributed by atoms with Gasteiger partial charge in [0, 0.05) is 23.3 Å². The molecule has 0 fully saturated rings. The highest BCUT2D eigenvalue weighted by atomic mass is 32.1. The standard InChI is InChI=1S/C28H21N2OS2/c1-2-29-21-12-6-8-14-24(21)32-26(29)17-16-20-18-23(27(31)19-10-4-3-5-11-19)30-22-13-7-9-15-25(22)33-28(20)30/h3-18H,2H2,1H3/q+1. The van der Waals surface area contributed by atoms with Crippen LogP contribution in [0.5, 0.6) is 0 Å². The van der Waals surface area contributed by atoms with E-state index < -0.39 is 0 Å². The predicted octanol–water partition coefficient (Wildman–Crippen LogP) is 7.08. The van der Waals surface area contributed by atoms with E-state index in [1.54, 1.807) is 22.7 Å². The van der Waals surface area contributed by atoms with Crippen LogP contribution in [0, 0.1) is 0 Å². The minimum absolute atomic E-state index is 0.0410. The maximum atomic E-state index is 13.5. The molecule has 0 aliphatic heterocycles. The maximum Gasteiger partial charge on any atom is 0.262 e. The minimum atomic E-state index is 0.0410. The van der Waals surface area contributed by atoms with Gasteiger partial charge in [-0.25, -0.2) is 0 Å². The van der Waals surface area contributed by atoms with E-state index in [1.807, 2.05) is 48.5 Å². The molecule has 3 nitrogen and oxygen atoms in total. The average molecular weight is 466 g/mol. The third kappa shape index (κ3) is 3.32. The molecule has 3 heterocycles. The molecule has 0 unspecified atom stereocenters. The summed E-state index contributed by atoms with van der Waals surface area (Å²) in [6, 6.07) is 28.4. The molecular formula is C28H21N2OS2+. The number of rotatable bonds is 5. The molecule has 33 heavy (non-hydrogen) atoms. The third-order valence-corrected chi connectivity index (χ3v) is 8.23. The second kappa shape index (κ2) is 8.10. The summed E-state index contributed by atoms with van der Waals surface area (Å²) in [5, 5.41) is 1.20. The van der Waals surface area contributed by atoms with Crippen LogP contribution in [0.2, 0.25) is 0 Å². The van der Waals surface area contributed by atoms with E-state index in [2.05, 4.69) is 64.4 Å². The van der Waals surface area contributed by atoms with Gasteiger partial charge in [0.2, 0.25) is 11.3 Å². The summed E-state index contributed by atoms with van der Waals surface area (Å²) in [6.07, 6.45) is 4.34. The molecule has 160 valence electrons. The Kier molecular flexibility index (Phi) is 4.93. The topological polar surface area (TPSA) is 25.4 Å². The lowest BCUT2D eigenvalue weighted by Crippen LogP contribution is -2.33. The van der Waals surface area contributed by atoms with Gasteiger partial charge in [0.1, 0.15) is 16.1 Å². The molecule has 0 radical (unpaired) electrons. The third-order valence-electron chi connectivity index (χ3n) is 5.92. The number of fused-ring (bicyclic) bond motifs is 4. The molecular weight excluding hydrogens is 444 g/mol. The van der Waals surface area contributed by atoms with Gasteiger partial charge in [-0.3, -0.25) is 9.20 Å². The van der Waals surface area contributed by atoms with Crippen molar-refractivity contribution < 1.29 is 9.36 Å². The van der Waals surface area contributed by atoms with Crippen LogP contribution in [0.3, 0.4) is 0 Å². The number of aromatic nitrogens is 2. The van der Waals surface area contributed by atoms with Crippen LogP contribution >= 0.6 is 22.7 Å². The van der Waals surface area contributed by atoms with Crippen LogP contribution in [-0.4, -0.2) is 10.2 Å². The Bertz CT molecular complexity index is 1670.